The van der Waals surface area contributed by atoms with Crippen LogP contribution in [0.1, 0.15) is 73.0 Å². The standard InChI is InChI=1S/C23H28O6/c1-15-9-5-3-2-4-6-10-16(24)13-17-21(20-11-7-8-12-28-20)18(25)14-19(26)22(17)23(27)29-15/h3,5-6,10,14-15,20,25-26H,2,4,7-9,11-13H2,1H3/b5-3+,10-6+/t15-,20?/m1/s1. The Hall–Kier alpha value is -2.60. The van der Waals surface area contributed by atoms with Crippen molar-refractivity contribution < 1.29 is 29.3 Å². The number of hydrogen-bond acceptors (Lipinski definition) is 6. The highest BCUT2D eigenvalue weighted by Crippen LogP contribution is 2.41. The number of fused-ring (bicyclic) bond motifs is 1. The van der Waals surface area contributed by atoms with Crippen LogP contribution in [-0.2, 0) is 20.7 Å². The number of phenols is 2. The molecule has 0 radical (unpaired) electrons. The SMILES string of the molecule is C[C@@H]1C/C=C/CC/C=C/C(=O)Cc2c(c(O)cc(O)c2C2CCCCO2)C(=O)O1. The molecular weight excluding hydrogens is 372 g/mol. The highest BCUT2D eigenvalue weighted by Gasteiger charge is 2.31. The fraction of sp³-hybridized carbons (Fsp3) is 0.478. The van der Waals surface area contributed by atoms with Crippen LogP contribution in [0.25, 0.3) is 0 Å². The number of cyclic esters (lactones) is 1. The molecule has 2 atom stereocenters. The zero-order valence-corrected chi connectivity index (χ0v) is 16.7. The van der Waals surface area contributed by atoms with E-state index < -0.39 is 17.8 Å². The van der Waals surface area contributed by atoms with Crippen LogP contribution < -0.4 is 0 Å². The number of hydrogen-bond donors (Lipinski definition) is 2. The number of allylic oxidation sites excluding steroid dienone is 3. The molecule has 0 spiro atoms. The topological polar surface area (TPSA) is 93.1 Å². The smallest absolute Gasteiger partial charge is 0.342 e. The molecular formula is C23H28O6. The molecule has 0 aliphatic carbocycles. The van der Waals surface area contributed by atoms with Crippen molar-refractivity contribution in [3.05, 3.63) is 47.1 Å². The van der Waals surface area contributed by atoms with Crippen molar-refractivity contribution in [1.29, 1.82) is 0 Å². The fourth-order valence-corrected chi connectivity index (χ4v) is 3.80. The first-order valence-electron chi connectivity index (χ1n) is 10.2. The number of phenolic OH excluding ortho intramolecular Hbond substituents is 2. The molecule has 2 N–H and O–H groups in total. The van der Waals surface area contributed by atoms with Crippen LogP contribution in [0.2, 0.25) is 0 Å². The minimum absolute atomic E-state index is 0.0680. The number of carbonyl (C=O) groups excluding carboxylic acids is 2. The zero-order chi connectivity index (χ0) is 20.8. The molecule has 2 heterocycles. The number of carbonyl (C=O) groups is 2. The molecule has 3 rings (SSSR count). The molecule has 0 saturated carbocycles. The van der Waals surface area contributed by atoms with Gasteiger partial charge in [0.05, 0.1) is 6.10 Å². The van der Waals surface area contributed by atoms with Gasteiger partial charge in [-0.25, -0.2) is 4.79 Å². The maximum Gasteiger partial charge on any atom is 0.342 e. The largest absolute Gasteiger partial charge is 0.507 e. The van der Waals surface area contributed by atoms with E-state index in [1.54, 1.807) is 13.0 Å². The first kappa shape index (κ1) is 21.1. The molecule has 1 unspecified atom stereocenters. The van der Waals surface area contributed by atoms with Crippen LogP contribution in [0.3, 0.4) is 0 Å². The van der Waals surface area contributed by atoms with Gasteiger partial charge in [0.15, 0.2) is 5.78 Å². The van der Waals surface area contributed by atoms with Gasteiger partial charge in [-0.1, -0.05) is 18.2 Å². The number of esters is 1. The van der Waals surface area contributed by atoms with Crippen LogP contribution >= 0.6 is 0 Å². The fourth-order valence-electron chi connectivity index (χ4n) is 3.80. The molecule has 6 heteroatoms. The third-order valence-electron chi connectivity index (χ3n) is 5.24. The van der Waals surface area contributed by atoms with Crippen molar-refractivity contribution in [3.63, 3.8) is 0 Å². The van der Waals surface area contributed by atoms with Crippen LogP contribution in [0.15, 0.2) is 30.4 Å². The number of rotatable bonds is 1. The van der Waals surface area contributed by atoms with Gasteiger partial charge in [0.1, 0.15) is 23.2 Å². The molecule has 6 nitrogen and oxygen atoms in total. The molecule has 0 bridgehead atoms. The lowest BCUT2D eigenvalue weighted by atomic mass is 9.89. The summed E-state index contributed by atoms with van der Waals surface area (Å²) in [5.74, 6) is -1.48. The lowest BCUT2D eigenvalue weighted by Crippen LogP contribution is -2.21. The summed E-state index contributed by atoms with van der Waals surface area (Å²) in [5.41, 5.74) is 0.617. The Morgan fingerprint density at radius 1 is 1.03 bits per heavy atom. The Morgan fingerprint density at radius 2 is 1.83 bits per heavy atom. The minimum atomic E-state index is -0.704. The van der Waals surface area contributed by atoms with Gasteiger partial charge in [-0.05, 0) is 50.7 Å². The van der Waals surface area contributed by atoms with E-state index in [1.807, 2.05) is 12.2 Å². The van der Waals surface area contributed by atoms with Gasteiger partial charge in [0.25, 0.3) is 0 Å². The van der Waals surface area contributed by atoms with Gasteiger partial charge in [-0.15, -0.1) is 0 Å². The number of benzene rings is 1. The Bertz CT molecular complexity index is 817. The van der Waals surface area contributed by atoms with E-state index in [-0.39, 0.29) is 35.2 Å². The van der Waals surface area contributed by atoms with Crippen molar-refractivity contribution >= 4 is 11.8 Å². The van der Waals surface area contributed by atoms with Crippen molar-refractivity contribution in [2.75, 3.05) is 6.61 Å². The summed E-state index contributed by atoms with van der Waals surface area (Å²) >= 11 is 0. The first-order chi connectivity index (χ1) is 14.0. The maximum absolute atomic E-state index is 12.9. The van der Waals surface area contributed by atoms with Crippen LogP contribution in [0.4, 0.5) is 0 Å². The first-order valence-corrected chi connectivity index (χ1v) is 10.2. The summed E-state index contributed by atoms with van der Waals surface area (Å²) in [6, 6.07) is 1.14. The second-order valence-electron chi connectivity index (χ2n) is 7.58. The average molecular weight is 400 g/mol. The van der Waals surface area contributed by atoms with Crippen LogP contribution in [0.5, 0.6) is 11.5 Å². The predicted molar refractivity (Wildman–Crippen MR) is 108 cm³/mol. The monoisotopic (exact) mass is 400 g/mol. The summed E-state index contributed by atoms with van der Waals surface area (Å²) in [6.45, 7) is 2.32. The van der Waals surface area contributed by atoms with E-state index in [4.69, 9.17) is 9.47 Å². The predicted octanol–water partition coefficient (Wildman–Crippen LogP) is 4.29. The van der Waals surface area contributed by atoms with Crippen molar-refractivity contribution in [3.8, 4) is 11.5 Å². The number of aromatic hydroxyl groups is 2. The van der Waals surface area contributed by atoms with Gasteiger partial charge in [0, 0.05) is 31.1 Å². The molecule has 1 fully saturated rings. The molecule has 1 saturated heterocycles. The molecule has 0 amide bonds. The van der Waals surface area contributed by atoms with E-state index in [0.29, 0.717) is 25.0 Å². The average Bonchev–Trinajstić information content (AvgIpc) is 2.67. The molecule has 156 valence electrons. The van der Waals surface area contributed by atoms with Gasteiger partial charge in [-0.3, -0.25) is 4.79 Å². The number of ketones is 1. The molecule has 2 aliphatic heterocycles. The Kier molecular flexibility index (Phi) is 7.09. The second kappa shape index (κ2) is 9.74. The summed E-state index contributed by atoms with van der Waals surface area (Å²) < 4.78 is 11.3. The molecule has 2 aliphatic rings. The third kappa shape index (κ3) is 5.26. The van der Waals surface area contributed by atoms with Crippen molar-refractivity contribution in [1.82, 2.24) is 0 Å². The summed E-state index contributed by atoms with van der Waals surface area (Å²) in [7, 11) is 0. The Labute approximate surface area is 170 Å². The molecule has 1 aromatic rings. The summed E-state index contributed by atoms with van der Waals surface area (Å²) in [6.07, 6.45) is 10.9. The highest BCUT2D eigenvalue weighted by molar-refractivity contribution is 5.99. The molecule has 1 aromatic carbocycles. The summed E-state index contributed by atoms with van der Waals surface area (Å²) in [4.78, 5) is 25.5. The lowest BCUT2D eigenvalue weighted by molar-refractivity contribution is -0.114. The van der Waals surface area contributed by atoms with E-state index in [9.17, 15) is 19.8 Å². The van der Waals surface area contributed by atoms with Crippen molar-refractivity contribution in [2.24, 2.45) is 0 Å². The van der Waals surface area contributed by atoms with E-state index in [2.05, 4.69) is 0 Å². The third-order valence-corrected chi connectivity index (χ3v) is 5.24. The van der Waals surface area contributed by atoms with Gasteiger partial charge < -0.3 is 19.7 Å². The van der Waals surface area contributed by atoms with E-state index in [1.165, 1.54) is 6.08 Å². The normalized spacial score (nSPS) is 26.1. The Balaban J connectivity index is 2.09. The minimum Gasteiger partial charge on any atom is -0.507 e. The quantitative estimate of drug-likeness (QED) is 0.539. The van der Waals surface area contributed by atoms with E-state index in [0.717, 1.165) is 31.7 Å². The van der Waals surface area contributed by atoms with Crippen LogP contribution in [-0.4, -0.2) is 34.7 Å². The van der Waals surface area contributed by atoms with Gasteiger partial charge >= 0.3 is 5.97 Å². The Morgan fingerprint density at radius 3 is 2.59 bits per heavy atom. The number of ether oxygens (including phenoxy) is 2. The highest BCUT2D eigenvalue weighted by atomic mass is 16.5. The second-order valence-corrected chi connectivity index (χ2v) is 7.58. The van der Waals surface area contributed by atoms with Gasteiger partial charge in [0.2, 0.25) is 0 Å². The van der Waals surface area contributed by atoms with Gasteiger partial charge in [-0.2, -0.15) is 0 Å². The summed E-state index contributed by atoms with van der Waals surface area (Å²) in [5, 5.41) is 21.0. The zero-order valence-electron chi connectivity index (χ0n) is 16.7. The lowest BCUT2D eigenvalue weighted by Gasteiger charge is -2.27. The molecule has 29 heavy (non-hydrogen) atoms. The van der Waals surface area contributed by atoms with E-state index >= 15 is 0 Å². The van der Waals surface area contributed by atoms with Crippen LogP contribution in [0, 0.1) is 0 Å². The van der Waals surface area contributed by atoms with Crippen molar-refractivity contribution in [2.45, 2.75) is 64.1 Å². The molecule has 0 aromatic heterocycles. The maximum atomic E-state index is 12.9.